The Hall–Kier alpha value is -1.38. The molecule has 17 heavy (non-hydrogen) atoms. The smallest absolute Gasteiger partial charge is 0.164 e. The fourth-order valence-corrected chi connectivity index (χ4v) is 2.08. The molecule has 88 valence electrons. The van der Waals surface area contributed by atoms with Crippen LogP contribution in [0.2, 0.25) is 0 Å². The van der Waals surface area contributed by atoms with E-state index in [-0.39, 0.29) is 0 Å². The number of benzene rings is 1. The lowest BCUT2D eigenvalue weighted by Crippen LogP contribution is -2.24. The van der Waals surface area contributed by atoms with E-state index in [1.807, 2.05) is 36.4 Å². The molecule has 0 fully saturated rings. The highest BCUT2D eigenvalue weighted by Crippen LogP contribution is 2.35. The normalized spacial score (nSPS) is 23.9. The van der Waals surface area contributed by atoms with Gasteiger partial charge >= 0.3 is 0 Å². The summed E-state index contributed by atoms with van der Waals surface area (Å²) in [6.45, 7) is 0. The first-order chi connectivity index (χ1) is 8.18. The Kier molecular flexibility index (Phi) is 3.46. The third kappa shape index (κ3) is 2.48. The first kappa shape index (κ1) is 12.1. The van der Waals surface area contributed by atoms with Gasteiger partial charge in [0.1, 0.15) is 6.29 Å². The molecular weight excluding hydrogens is 236 g/mol. The molecule has 1 aliphatic carbocycles. The quantitative estimate of drug-likeness (QED) is 0.607. The van der Waals surface area contributed by atoms with Gasteiger partial charge in [-0.3, -0.25) is 4.79 Å². The van der Waals surface area contributed by atoms with E-state index in [2.05, 4.69) is 0 Å². The van der Waals surface area contributed by atoms with Gasteiger partial charge in [-0.25, -0.2) is 0 Å². The second-order valence-corrected chi connectivity index (χ2v) is 4.56. The van der Waals surface area contributed by atoms with Crippen molar-refractivity contribution >= 4 is 23.5 Å². The molecule has 0 aliphatic heterocycles. The highest BCUT2D eigenvalue weighted by Gasteiger charge is 2.29. The average molecular weight is 249 g/mol. The maximum Gasteiger partial charge on any atom is 0.164 e. The van der Waals surface area contributed by atoms with Crippen LogP contribution in [0.25, 0.3) is 5.57 Å². The van der Waals surface area contributed by atoms with E-state index in [0.29, 0.717) is 12.0 Å². The lowest BCUT2D eigenvalue weighted by atomic mass is 9.91. The largest absolute Gasteiger partial charge is 0.359 e. The van der Waals surface area contributed by atoms with Crippen LogP contribution in [-0.2, 0) is 9.53 Å². The first-order valence-corrected chi connectivity index (χ1v) is 5.73. The Morgan fingerprint density at radius 3 is 2.65 bits per heavy atom. The standard InChI is InChI=1S/C14H13ClO2/c1-17-14(15)8-7-13(12(9-14)10-16)11-5-3-2-4-6-11/h2-8,10H,9H2,1H3. The van der Waals surface area contributed by atoms with Crippen LogP contribution in [-0.4, -0.2) is 18.5 Å². The van der Waals surface area contributed by atoms with Gasteiger partial charge in [0.15, 0.2) is 5.06 Å². The van der Waals surface area contributed by atoms with Crippen LogP contribution in [0.15, 0.2) is 48.1 Å². The van der Waals surface area contributed by atoms with Gasteiger partial charge in [0.05, 0.1) is 0 Å². The number of carbonyl (C=O) groups is 1. The number of hydrogen-bond acceptors (Lipinski definition) is 2. The Morgan fingerprint density at radius 1 is 1.35 bits per heavy atom. The van der Waals surface area contributed by atoms with E-state index in [9.17, 15) is 4.79 Å². The van der Waals surface area contributed by atoms with E-state index >= 15 is 0 Å². The van der Waals surface area contributed by atoms with Crippen molar-refractivity contribution in [2.45, 2.75) is 11.5 Å². The van der Waals surface area contributed by atoms with E-state index in [1.165, 1.54) is 7.11 Å². The molecule has 1 aliphatic rings. The molecule has 1 aromatic rings. The number of hydrogen-bond donors (Lipinski definition) is 0. The van der Waals surface area contributed by atoms with Crippen LogP contribution in [0.3, 0.4) is 0 Å². The first-order valence-electron chi connectivity index (χ1n) is 5.35. The van der Waals surface area contributed by atoms with Crippen LogP contribution in [0, 0.1) is 0 Å². The second kappa shape index (κ2) is 4.86. The number of methoxy groups -OCH3 is 1. The number of ether oxygens (including phenoxy) is 1. The van der Waals surface area contributed by atoms with Crippen molar-refractivity contribution in [1.29, 1.82) is 0 Å². The van der Waals surface area contributed by atoms with Crippen LogP contribution in [0.1, 0.15) is 12.0 Å². The zero-order valence-corrected chi connectivity index (χ0v) is 10.3. The van der Waals surface area contributed by atoms with Crippen molar-refractivity contribution in [3.8, 4) is 0 Å². The van der Waals surface area contributed by atoms with Crippen LogP contribution in [0.4, 0.5) is 0 Å². The molecule has 2 rings (SSSR count). The van der Waals surface area contributed by atoms with Crippen LogP contribution in [0.5, 0.6) is 0 Å². The number of allylic oxidation sites excluding steroid dienone is 2. The molecule has 1 aromatic carbocycles. The topological polar surface area (TPSA) is 26.3 Å². The van der Waals surface area contributed by atoms with Crippen LogP contribution < -0.4 is 0 Å². The Morgan fingerprint density at radius 2 is 2.06 bits per heavy atom. The van der Waals surface area contributed by atoms with Crippen molar-refractivity contribution in [2.75, 3.05) is 7.11 Å². The van der Waals surface area contributed by atoms with Gasteiger partial charge in [-0.15, -0.1) is 0 Å². The monoisotopic (exact) mass is 248 g/mol. The van der Waals surface area contributed by atoms with E-state index < -0.39 is 5.06 Å². The third-order valence-electron chi connectivity index (χ3n) is 2.84. The van der Waals surface area contributed by atoms with Gasteiger partial charge in [-0.2, -0.15) is 0 Å². The number of alkyl halides is 1. The van der Waals surface area contributed by atoms with Crippen molar-refractivity contribution in [2.24, 2.45) is 0 Å². The van der Waals surface area contributed by atoms with Crippen molar-refractivity contribution in [1.82, 2.24) is 0 Å². The van der Waals surface area contributed by atoms with Gasteiger partial charge in [0, 0.05) is 19.1 Å². The molecule has 0 spiro atoms. The van der Waals surface area contributed by atoms with Crippen LogP contribution >= 0.6 is 11.6 Å². The minimum Gasteiger partial charge on any atom is -0.359 e. The minimum atomic E-state index is -0.894. The molecule has 0 saturated heterocycles. The summed E-state index contributed by atoms with van der Waals surface area (Å²) < 4.78 is 5.18. The highest BCUT2D eigenvalue weighted by atomic mass is 35.5. The Balaban J connectivity index is 2.41. The highest BCUT2D eigenvalue weighted by molar-refractivity contribution is 6.25. The van der Waals surface area contributed by atoms with Gasteiger partial charge in [0.25, 0.3) is 0 Å². The maximum absolute atomic E-state index is 11.1. The van der Waals surface area contributed by atoms with Gasteiger partial charge in [0.2, 0.25) is 0 Å². The fraction of sp³-hybridized carbons (Fsp3) is 0.214. The number of carbonyl (C=O) groups excluding carboxylic acids is 1. The summed E-state index contributed by atoms with van der Waals surface area (Å²) in [5, 5.41) is -0.894. The van der Waals surface area contributed by atoms with Gasteiger partial charge in [-0.1, -0.05) is 48.0 Å². The molecular formula is C14H13ClO2. The molecule has 0 N–H and O–H groups in total. The predicted octanol–water partition coefficient (Wildman–Crippen LogP) is 3.18. The second-order valence-electron chi connectivity index (χ2n) is 3.92. The van der Waals surface area contributed by atoms with Gasteiger partial charge < -0.3 is 4.74 Å². The van der Waals surface area contributed by atoms with E-state index in [0.717, 1.165) is 17.4 Å². The minimum absolute atomic E-state index is 0.384. The molecule has 0 heterocycles. The molecule has 2 nitrogen and oxygen atoms in total. The molecule has 1 unspecified atom stereocenters. The van der Waals surface area contributed by atoms with E-state index in [1.54, 1.807) is 6.08 Å². The Labute approximate surface area is 106 Å². The summed E-state index contributed by atoms with van der Waals surface area (Å²) in [6.07, 6.45) is 4.86. The number of aldehydes is 1. The van der Waals surface area contributed by atoms with Gasteiger partial charge in [-0.05, 0) is 17.2 Å². The van der Waals surface area contributed by atoms with Crippen molar-refractivity contribution in [3.63, 3.8) is 0 Å². The predicted molar refractivity (Wildman–Crippen MR) is 68.8 cm³/mol. The lowest BCUT2D eigenvalue weighted by Gasteiger charge is -2.26. The molecule has 0 saturated carbocycles. The summed E-state index contributed by atoms with van der Waals surface area (Å²) in [4.78, 5) is 11.1. The zero-order chi connectivity index (χ0) is 12.3. The number of halogens is 1. The summed E-state index contributed by atoms with van der Waals surface area (Å²) in [5.74, 6) is 0. The molecule has 0 bridgehead atoms. The molecule has 3 heteroatoms. The maximum atomic E-state index is 11.1. The summed E-state index contributed by atoms with van der Waals surface area (Å²) >= 11 is 6.18. The lowest BCUT2D eigenvalue weighted by molar-refractivity contribution is -0.105. The van der Waals surface area contributed by atoms with Crippen molar-refractivity contribution in [3.05, 3.63) is 53.6 Å². The fourth-order valence-electron chi connectivity index (χ4n) is 1.87. The molecule has 0 aromatic heterocycles. The SMILES string of the molecule is COC1(Cl)C=CC(c2ccccc2)=C(C=O)C1. The molecule has 0 amide bonds. The summed E-state index contributed by atoms with van der Waals surface area (Å²) in [6, 6.07) is 9.77. The third-order valence-corrected chi connectivity index (χ3v) is 3.26. The van der Waals surface area contributed by atoms with Crippen molar-refractivity contribution < 1.29 is 9.53 Å². The molecule has 1 atom stereocenters. The summed E-state index contributed by atoms with van der Waals surface area (Å²) in [7, 11) is 1.53. The zero-order valence-electron chi connectivity index (χ0n) is 9.52. The average Bonchev–Trinajstić information content (AvgIpc) is 2.39. The molecule has 0 radical (unpaired) electrons. The number of rotatable bonds is 3. The summed E-state index contributed by atoms with van der Waals surface area (Å²) in [5.41, 5.74) is 2.59. The Bertz CT molecular complexity index is 476. The van der Waals surface area contributed by atoms with E-state index in [4.69, 9.17) is 16.3 Å².